The van der Waals surface area contributed by atoms with Crippen LogP contribution in [0.5, 0.6) is 0 Å². The fourth-order valence-electron chi connectivity index (χ4n) is 9.44. The second-order valence-electron chi connectivity index (χ2n) is 10.5. The Morgan fingerprint density at radius 1 is 0.545 bits per heavy atom. The van der Waals surface area contributed by atoms with Crippen molar-refractivity contribution >= 4 is 0 Å². The van der Waals surface area contributed by atoms with Crippen molar-refractivity contribution in [1.29, 1.82) is 0 Å². The highest BCUT2D eigenvalue weighted by atomic mass is 14.7. The summed E-state index contributed by atoms with van der Waals surface area (Å²) in [6.45, 7) is 0. The largest absolute Gasteiger partial charge is 0.0804 e. The minimum Gasteiger partial charge on any atom is -0.0804 e. The van der Waals surface area contributed by atoms with E-state index in [1.165, 1.54) is 0 Å². The van der Waals surface area contributed by atoms with Gasteiger partial charge in [-0.2, -0.15) is 0 Å². The van der Waals surface area contributed by atoms with Crippen molar-refractivity contribution in [3.63, 3.8) is 0 Å². The molecule has 4 atom stereocenters. The average molecular weight is 292 g/mol. The van der Waals surface area contributed by atoms with E-state index in [0.717, 1.165) is 35.5 Å². The van der Waals surface area contributed by atoms with Crippen molar-refractivity contribution < 1.29 is 0 Å². The normalized spacial score (nSPS) is 62.5. The first-order chi connectivity index (χ1) is 10.7. The molecule has 0 N–H and O–H groups in total. The van der Waals surface area contributed by atoms with Gasteiger partial charge in [0.1, 0.15) is 0 Å². The summed E-state index contributed by atoms with van der Waals surface area (Å²) < 4.78 is 0. The van der Waals surface area contributed by atoms with Crippen molar-refractivity contribution in [2.24, 2.45) is 46.3 Å². The Balaban J connectivity index is 1.47. The van der Waals surface area contributed by atoms with E-state index in [-0.39, 0.29) is 0 Å². The number of allylic oxidation sites excluding steroid dienone is 4. The van der Waals surface area contributed by atoms with Crippen molar-refractivity contribution in [3.05, 3.63) is 23.3 Å². The minimum atomic E-state index is 0.609. The molecule has 9 rings (SSSR count). The molecule has 0 heterocycles. The van der Waals surface area contributed by atoms with Crippen LogP contribution in [0.1, 0.15) is 64.2 Å². The summed E-state index contributed by atoms with van der Waals surface area (Å²) >= 11 is 0. The maximum absolute atomic E-state index is 2.89. The van der Waals surface area contributed by atoms with Gasteiger partial charge in [-0.15, -0.1) is 0 Å². The molecule has 0 heteroatoms. The van der Waals surface area contributed by atoms with Gasteiger partial charge in [-0.25, -0.2) is 0 Å². The first kappa shape index (κ1) is 11.9. The lowest BCUT2D eigenvalue weighted by Crippen LogP contribution is -2.56. The van der Waals surface area contributed by atoms with E-state index in [1.54, 1.807) is 64.2 Å². The van der Waals surface area contributed by atoms with E-state index in [9.17, 15) is 0 Å². The lowest BCUT2D eigenvalue weighted by molar-refractivity contribution is -0.000441. The molecule has 5 saturated carbocycles. The summed E-state index contributed by atoms with van der Waals surface area (Å²) in [5, 5.41) is 0. The smallest absolute Gasteiger partial charge is 0.0143 e. The molecule has 5 fully saturated rings. The number of hydrogen-bond donors (Lipinski definition) is 0. The Bertz CT molecular complexity index is 534. The molecule has 0 aliphatic heterocycles. The Morgan fingerprint density at radius 3 is 1.27 bits per heavy atom. The quantitative estimate of drug-likeness (QED) is 0.517. The van der Waals surface area contributed by atoms with Crippen molar-refractivity contribution in [2.45, 2.75) is 64.2 Å². The molecule has 0 nitrogen and oxygen atoms in total. The first-order valence-electron chi connectivity index (χ1n) is 10.2. The predicted octanol–water partition coefficient (Wildman–Crippen LogP) is 5.51. The SMILES string of the molecule is C1=C2C3(CC4CC1CC(C4)C3)C1=CC3CC4CC(C3)CC21C4. The summed E-state index contributed by atoms with van der Waals surface area (Å²) in [4.78, 5) is 0. The molecule has 4 unspecified atom stereocenters. The second-order valence-corrected chi connectivity index (χ2v) is 10.5. The van der Waals surface area contributed by atoms with Gasteiger partial charge in [-0.3, -0.25) is 0 Å². The maximum atomic E-state index is 2.89. The molecular formula is C22H28. The molecule has 0 amide bonds. The molecule has 8 bridgehead atoms. The Labute approximate surface area is 134 Å². The zero-order chi connectivity index (χ0) is 14.1. The first-order valence-corrected chi connectivity index (χ1v) is 10.2. The molecule has 9 aliphatic rings. The molecule has 116 valence electrons. The van der Waals surface area contributed by atoms with Gasteiger partial charge < -0.3 is 0 Å². The number of hydrogen-bond acceptors (Lipinski definition) is 0. The van der Waals surface area contributed by atoms with Gasteiger partial charge in [0.25, 0.3) is 0 Å². The van der Waals surface area contributed by atoms with Crippen LogP contribution in [0, 0.1) is 46.3 Å². The van der Waals surface area contributed by atoms with Crippen molar-refractivity contribution in [2.75, 3.05) is 0 Å². The Morgan fingerprint density at radius 2 is 0.909 bits per heavy atom. The van der Waals surface area contributed by atoms with Crippen LogP contribution in [-0.2, 0) is 0 Å². The Kier molecular flexibility index (Phi) is 1.87. The van der Waals surface area contributed by atoms with E-state index in [0.29, 0.717) is 10.8 Å². The van der Waals surface area contributed by atoms with Gasteiger partial charge >= 0.3 is 0 Å². The Hall–Kier alpha value is -0.520. The fourth-order valence-corrected chi connectivity index (χ4v) is 9.44. The molecule has 0 aromatic heterocycles. The molecular weight excluding hydrogens is 264 g/mol. The van der Waals surface area contributed by atoms with Crippen LogP contribution < -0.4 is 0 Å². The third-order valence-corrected chi connectivity index (χ3v) is 9.29. The highest BCUT2D eigenvalue weighted by Gasteiger charge is 2.69. The van der Waals surface area contributed by atoms with Gasteiger partial charge in [-0.1, -0.05) is 23.3 Å². The molecule has 0 radical (unpaired) electrons. The second kappa shape index (κ2) is 3.45. The molecule has 9 aliphatic carbocycles. The van der Waals surface area contributed by atoms with Gasteiger partial charge in [-0.05, 0) is 99.7 Å². The molecule has 0 aromatic rings. The zero-order valence-electron chi connectivity index (χ0n) is 13.7. The summed E-state index contributed by atoms with van der Waals surface area (Å²) in [7, 11) is 0. The molecule has 22 heavy (non-hydrogen) atoms. The van der Waals surface area contributed by atoms with Gasteiger partial charge in [0, 0.05) is 10.8 Å². The average Bonchev–Trinajstić information content (AvgIpc) is 2.74. The van der Waals surface area contributed by atoms with E-state index >= 15 is 0 Å². The van der Waals surface area contributed by atoms with Crippen molar-refractivity contribution in [1.82, 2.24) is 0 Å². The third-order valence-electron chi connectivity index (χ3n) is 9.29. The zero-order valence-corrected chi connectivity index (χ0v) is 13.7. The summed E-state index contributed by atoms with van der Waals surface area (Å²) in [5.41, 5.74) is 5.27. The summed E-state index contributed by atoms with van der Waals surface area (Å²) in [6, 6.07) is 0. The maximum Gasteiger partial charge on any atom is 0.0143 e. The highest BCUT2D eigenvalue weighted by Crippen LogP contribution is 2.79. The van der Waals surface area contributed by atoms with Gasteiger partial charge in [0.05, 0.1) is 0 Å². The van der Waals surface area contributed by atoms with Crippen LogP contribution in [0.4, 0.5) is 0 Å². The standard InChI is InChI=1S/C22H28/c1-13-2-16-5-15(1)9-21(10-16)19(7-13)22-11-17-3-14(8-20(21)22)4-18(6-17)12-22/h7-8,13-18H,1-6,9-12H2. The van der Waals surface area contributed by atoms with Crippen LogP contribution in [0.2, 0.25) is 0 Å². The van der Waals surface area contributed by atoms with Crippen molar-refractivity contribution in [3.8, 4) is 0 Å². The molecule has 0 saturated heterocycles. The molecule has 0 aromatic carbocycles. The minimum absolute atomic E-state index is 0.609. The van der Waals surface area contributed by atoms with Crippen LogP contribution >= 0.6 is 0 Å². The predicted molar refractivity (Wildman–Crippen MR) is 88.1 cm³/mol. The highest BCUT2D eigenvalue weighted by molar-refractivity contribution is 5.57. The topological polar surface area (TPSA) is 0 Å². The lowest BCUT2D eigenvalue weighted by atomic mass is 9.37. The summed E-state index contributed by atoms with van der Waals surface area (Å²) in [6.07, 6.45) is 21.3. The third kappa shape index (κ3) is 1.17. The lowest BCUT2D eigenvalue weighted by Gasteiger charge is -2.66. The molecule has 2 spiro atoms. The van der Waals surface area contributed by atoms with E-state index in [1.807, 2.05) is 11.1 Å². The van der Waals surface area contributed by atoms with E-state index in [4.69, 9.17) is 0 Å². The monoisotopic (exact) mass is 292 g/mol. The fraction of sp³-hybridized carbons (Fsp3) is 0.818. The summed E-state index contributed by atoms with van der Waals surface area (Å²) in [5.74, 6) is 6.23. The number of rotatable bonds is 0. The van der Waals surface area contributed by atoms with Gasteiger partial charge in [0.2, 0.25) is 0 Å². The van der Waals surface area contributed by atoms with Crippen LogP contribution in [0.15, 0.2) is 23.3 Å². The van der Waals surface area contributed by atoms with E-state index in [2.05, 4.69) is 12.2 Å². The van der Waals surface area contributed by atoms with Gasteiger partial charge in [0.15, 0.2) is 0 Å². The van der Waals surface area contributed by atoms with Crippen LogP contribution in [0.3, 0.4) is 0 Å². The van der Waals surface area contributed by atoms with Crippen LogP contribution in [0.25, 0.3) is 0 Å². The van der Waals surface area contributed by atoms with Crippen LogP contribution in [-0.4, -0.2) is 0 Å². The van der Waals surface area contributed by atoms with E-state index < -0.39 is 0 Å².